The van der Waals surface area contributed by atoms with E-state index in [1.165, 1.54) is 13.2 Å². The highest BCUT2D eigenvalue weighted by molar-refractivity contribution is 5.85. The molecule has 0 N–H and O–H groups in total. The summed E-state index contributed by atoms with van der Waals surface area (Å²) in [4.78, 5) is 16.3. The van der Waals surface area contributed by atoms with E-state index >= 15 is 0 Å². The topological polar surface area (TPSA) is 38.8 Å². The van der Waals surface area contributed by atoms with Crippen molar-refractivity contribution in [2.24, 2.45) is 5.92 Å². The van der Waals surface area contributed by atoms with Gasteiger partial charge in [0.05, 0.1) is 6.61 Å². The zero-order valence-electron chi connectivity index (χ0n) is 8.45. The molecule has 0 atom stereocenters. The zero-order chi connectivity index (χ0) is 10.3. The molecule has 0 aromatic heterocycles. The Morgan fingerprint density at radius 3 is 2.62 bits per heavy atom. The molecule has 0 aromatic rings. The summed E-state index contributed by atoms with van der Waals surface area (Å²) in [5, 5.41) is 1.15. The summed E-state index contributed by atoms with van der Waals surface area (Å²) in [7, 11) is 1.50. The highest BCUT2D eigenvalue weighted by Crippen LogP contribution is 1.98. The normalized spacial score (nSPS) is 10.2. The number of amides is 1. The van der Waals surface area contributed by atoms with Gasteiger partial charge in [-0.15, -0.1) is 0 Å². The number of methoxy groups -OCH3 is 1. The van der Waals surface area contributed by atoms with Gasteiger partial charge < -0.3 is 4.74 Å². The smallest absolute Gasteiger partial charge is 0.271 e. The predicted octanol–water partition coefficient (Wildman–Crippen LogP) is 1.19. The lowest BCUT2D eigenvalue weighted by atomic mass is 10.2. The minimum absolute atomic E-state index is 0.123. The molecule has 4 heteroatoms. The molecule has 0 radical (unpaired) electrons. The second-order valence-corrected chi connectivity index (χ2v) is 3.03. The van der Waals surface area contributed by atoms with Crippen LogP contribution in [0.15, 0.2) is 12.7 Å². The van der Waals surface area contributed by atoms with Gasteiger partial charge in [0.25, 0.3) is 5.91 Å². The summed E-state index contributed by atoms with van der Waals surface area (Å²) in [6, 6.07) is 0. The molecule has 76 valence electrons. The third kappa shape index (κ3) is 5.38. The van der Waals surface area contributed by atoms with Crippen molar-refractivity contribution in [2.75, 3.05) is 20.4 Å². The van der Waals surface area contributed by atoms with Crippen LogP contribution in [0, 0.1) is 5.92 Å². The molecule has 0 aliphatic heterocycles. The lowest BCUT2D eigenvalue weighted by Gasteiger charge is -2.20. The monoisotopic (exact) mass is 187 g/mol. The second-order valence-electron chi connectivity index (χ2n) is 3.03. The number of hydroxylamine groups is 2. The summed E-state index contributed by atoms with van der Waals surface area (Å²) >= 11 is 0. The van der Waals surface area contributed by atoms with Crippen LogP contribution < -0.4 is 0 Å². The molecule has 0 heterocycles. The lowest BCUT2D eigenvalue weighted by molar-refractivity contribution is -0.208. The quantitative estimate of drug-likeness (QED) is 0.356. The number of rotatable bonds is 6. The van der Waals surface area contributed by atoms with Gasteiger partial charge in [0.1, 0.15) is 6.73 Å². The number of hydrogen-bond donors (Lipinski definition) is 0. The molecule has 1 amide bonds. The summed E-state index contributed by atoms with van der Waals surface area (Å²) in [5.74, 6) is 0.0828. The van der Waals surface area contributed by atoms with E-state index in [2.05, 4.69) is 6.58 Å². The third-order valence-corrected chi connectivity index (χ3v) is 1.23. The van der Waals surface area contributed by atoms with E-state index in [-0.39, 0.29) is 12.6 Å². The van der Waals surface area contributed by atoms with Gasteiger partial charge in [-0.2, -0.15) is 5.06 Å². The van der Waals surface area contributed by atoms with Gasteiger partial charge >= 0.3 is 0 Å². The molecule has 0 saturated heterocycles. The van der Waals surface area contributed by atoms with Crippen LogP contribution in [0.5, 0.6) is 0 Å². The number of nitrogens with zero attached hydrogens (tertiary/aromatic N) is 1. The van der Waals surface area contributed by atoms with E-state index in [0.717, 1.165) is 5.06 Å². The van der Waals surface area contributed by atoms with E-state index in [1.54, 1.807) is 0 Å². The number of carbonyl (C=O) groups excluding carboxylic acids is 1. The van der Waals surface area contributed by atoms with Crippen LogP contribution in [0.1, 0.15) is 13.8 Å². The average molecular weight is 187 g/mol. The third-order valence-electron chi connectivity index (χ3n) is 1.23. The predicted molar refractivity (Wildman–Crippen MR) is 49.7 cm³/mol. The molecule has 0 aliphatic carbocycles. The van der Waals surface area contributed by atoms with Crippen molar-refractivity contribution in [1.82, 2.24) is 5.06 Å². The average Bonchev–Trinajstić information content (AvgIpc) is 2.10. The highest BCUT2D eigenvalue weighted by Gasteiger charge is 2.10. The molecule has 0 aliphatic rings. The van der Waals surface area contributed by atoms with Crippen LogP contribution in [0.4, 0.5) is 0 Å². The fraction of sp³-hybridized carbons (Fsp3) is 0.667. The van der Waals surface area contributed by atoms with Crippen molar-refractivity contribution in [2.45, 2.75) is 13.8 Å². The van der Waals surface area contributed by atoms with Crippen LogP contribution in [0.3, 0.4) is 0 Å². The Balaban J connectivity index is 3.93. The molecule has 0 saturated carbocycles. The first kappa shape index (κ1) is 12.1. The fourth-order valence-electron chi connectivity index (χ4n) is 0.623. The van der Waals surface area contributed by atoms with E-state index in [1.807, 2.05) is 13.8 Å². The summed E-state index contributed by atoms with van der Waals surface area (Å²) < 4.78 is 4.79. The van der Waals surface area contributed by atoms with Crippen molar-refractivity contribution >= 4 is 5.91 Å². The van der Waals surface area contributed by atoms with Crippen LogP contribution in [0.25, 0.3) is 0 Å². The minimum atomic E-state index is -0.289. The molecule has 0 bridgehead atoms. The van der Waals surface area contributed by atoms with Crippen LogP contribution in [-0.2, 0) is 14.4 Å². The van der Waals surface area contributed by atoms with Gasteiger partial charge in [-0.1, -0.05) is 20.4 Å². The Morgan fingerprint density at radius 1 is 1.62 bits per heavy atom. The van der Waals surface area contributed by atoms with Gasteiger partial charge in [0, 0.05) is 7.11 Å². The molecule has 4 nitrogen and oxygen atoms in total. The Bertz CT molecular complexity index is 168. The molecule has 0 spiro atoms. The summed E-state index contributed by atoms with van der Waals surface area (Å²) in [5.41, 5.74) is 0. The Kier molecular flexibility index (Phi) is 6.18. The van der Waals surface area contributed by atoms with Crippen LogP contribution >= 0.6 is 0 Å². The van der Waals surface area contributed by atoms with Crippen molar-refractivity contribution in [3.05, 3.63) is 12.7 Å². The second kappa shape index (κ2) is 6.62. The maximum absolute atomic E-state index is 11.1. The van der Waals surface area contributed by atoms with Crippen LogP contribution in [0.2, 0.25) is 0 Å². The first-order valence-corrected chi connectivity index (χ1v) is 4.17. The van der Waals surface area contributed by atoms with Crippen molar-refractivity contribution in [1.29, 1.82) is 0 Å². The van der Waals surface area contributed by atoms with Gasteiger partial charge in [-0.25, -0.2) is 0 Å². The molecule has 0 aromatic carbocycles. The fourth-order valence-corrected chi connectivity index (χ4v) is 0.623. The zero-order valence-corrected chi connectivity index (χ0v) is 8.45. The van der Waals surface area contributed by atoms with Crippen LogP contribution in [-0.4, -0.2) is 31.4 Å². The summed E-state index contributed by atoms with van der Waals surface area (Å²) in [6.45, 7) is 7.98. The SMILES string of the molecule is C=CC(=O)N(COC)OCC(C)C. The van der Waals surface area contributed by atoms with Crippen molar-refractivity contribution in [3.8, 4) is 0 Å². The lowest BCUT2D eigenvalue weighted by Crippen LogP contribution is -2.32. The Morgan fingerprint density at radius 2 is 2.23 bits per heavy atom. The Hall–Kier alpha value is -0.870. The molecule has 0 rings (SSSR count). The summed E-state index contributed by atoms with van der Waals surface area (Å²) in [6.07, 6.45) is 1.19. The molecule has 0 fully saturated rings. The first-order chi connectivity index (χ1) is 6.11. The van der Waals surface area contributed by atoms with E-state index in [0.29, 0.717) is 12.5 Å². The largest absolute Gasteiger partial charge is 0.362 e. The van der Waals surface area contributed by atoms with Gasteiger partial charge in [-0.05, 0) is 12.0 Å². The van der Waals surface area contributed by atoms with Crippen molar-refractivity contribution in [3.63, 3.8) is 0 Å². The molecular formula is C9H17NO3. The van der Waals surface area contributed by atoms with Gasteiger partial charge in [0.15, 0.2) is 0 Å². The van der Waals surface area contributed by atoms with E-state index in [4.69, 9.17) is 9.57 Å². The van der Waals surface area contributed by atoms with E-state index < -0.39 is 0 Å². The van der Waals surface area contributed by atoms with E-state index in [9.17, 15) is 4.79 Å². The maximum atomic E-state index is 11.1. The molecular weight excluding hydrogens is 170 g/mol. The maximum Gasteiger partial charge on any atom is 0.271 e. The minimum Gasteiger partial charge on any atom is -0.362 e. The Labute approximate surface area is 79.1 Å². The number of ether oxygens (including phenoxy) is 1. The number of carbonyl (C=O) groups is 1. The van der Waals surface area contributed by atoms with Gasteiger partial charge in [-0.3, -0.25) is 9.63 Å². The molecule has 0 unspecified atom stereocenters. The highest BCUT2D eigenvalue weighted by atomic mass is 16.7. The standard InChI is InChI=1S/C9H17NO3/c1-5-9(11)10(7-12-4)13-6-8(2)3/h5,8H,1,6-7H2,2-4H3. The van der Waals surface area contributed by atoms with Crippen molar-refractivity contribution < 1.29 is 14.4 Å². The van der Waals surface area contributed by atoms with Gasteiger partial charge in [0.2, 0.25) is 0 Å². The number of hydrogen-bond acceptors (Lipinski definition) is 3. The first-order valence-electron chi connectivity index (χ1n) is 4.17. The molecule has 13 heavy (non-hydrogen) atoms.